The molecule has 0 aliphatic rings. The second-order valence-corrected chi connectivity index (χ2v) is 5.72. The van der Waals surface area contributed by atoms with Gasteiger partial charge in [0.05, 0.1) is 0 Å². The molecule has 0 aromatic heterocycles. The molecule has 2 rings (SSSR count). The number of nitrogens with zero attached hydrogens (tertiary/aromatic N) is 1. The van der Waals surface area contributed by atoms with E-state index in [4.69, 9.17) is 22.2 Å². The smallest absolute Gasteiger partial charge is 0.260 e. The zero-order chi connectivity index (χ0) is 17.4. The fourth-order valence-corrected chi connectivity index (χ4v) is 2.33. The number of hydrogen-bond acceptors (Lipinski definition) is 3. The van der Waals surface area contributed by atoms with Crippen molar-refractivity contribution < 1.29 is 9.63 Å². The number of amidine groups is 1. The Kier molecular flexibility index (Phi) is 6.63. The number of halogens is 1. The van der Waals surface area contributed by atoms with Crippen molar-refractivity contribution in [2.45, 2.75) is 13.3 Å². The molecule has 0 bridgehead atoms. The number of carbonyl (C=O) groups excluding carboxylic acids is 1. The molecule has 2 aromatic carbocycles. The van der Waals surface area contributed by atoms with Crippen molar-refractivity contribution in [2.24, 2.45) is 10.9 Å². The van der Waals surface area contributed by atoms with Gasteiger partial charge in [-0.15, -0.1) is 0 Å². The van der Waals surface area contributed by atoms with Crippen LogP contribution in [0.1, 0.15) is 16.7 Å². The van der Waals surface area contributed by atoms with Crippen LogP contribution in [-0.2, 0) is 16.1 Å². The van der Waals surface area contributed by atoms with Gasteiger partial charge in [0.15, 0.2) is 12.4 Å². The van der Waals surface area contributed by atoms with E-state index in [0.717, 1.165) is 6.42 Å². The number of hydrogen-bond donors (Lipinski definition) is 2. The lowest BCUT2D eigenvalue weighted by Crippen LogP contribution is -2.29. The molecule has 24 heavy (non-hydrogen) atoms. The van der Waals surface area contributed by atoms with E-state index < -0.39 is 0 Å². The van der Waals surface area contributed by atoms with Crippen molar-refractivity contribution in [3.05, 3.63) is 70.2 Å². The van der Waals surface area contributed by atoms with Gasteiger partial charge in [-0.2, -0.15) is 0 Å². The number of nitrogens with one attached hydrogen (secondary N) is 1. The molecule has 1 amide bonds. The zero-order valence-corrected chi connectivity index (χ0v) is 14.2. The summed E-state index contributed by atoms with van der Waals surface area (Å²) in [6.45, 7) is 2.41. The molecular formula is C18H20ClN3O2. The minimum atomic E-state index is -0.244. The first-order valence-electron chi connectivity index (χ1n) is 7.59. The second-order valence-electron chi connectivity index (χ2n) is 5.29. The van der Waals surface area contributed by atoms with Crippen LogP contribution in [0.25, 0.3) is 0 Å². The lowest BCUT2D eigenvalue weighted by Gasteiger charge is -2.07. The van der Waals surface area contributed by atoms with E-state index in [2.05, 4.69) is 10.5 Å². The topological polar surface area (TPSA) is 76.7 Å². The van der Waals surface area contributed by atoms with Crippen LogP contribution >= 0.6 is 11.6 Å². The maximum Gasteiger partial charge on any atom is 0.260 e. The highest BCUT2D eigenvalue weighted by Gasteiger charge is 2.04. The van der Waals surface area contributed by atoms with Gasteiger partial charge in [0.25, 0.3) is 5.91 Å². The van der Waals surface area contributed by atoms with Crippen LogP contribution < -0.4 is 11.1 Å². The number of benzene rings is 2. The van der Waals surface area contributed by atoms with Gasteiger partial charge in [0.2, 0.25) is 0 Å². The van der Waals surface area contributed by atoms with Crippen LogP contribution in [0.15, 0.2) is 53.7 Å². The van der Waals surface area contributed by atoms with Crippen molar-refractivity contribution >= 4 is 23.3 Å². The SMILES string of the molecule is Cc1ccccc1CCNC(=O)CO/N=C(\N)c1cccc(Cl)c1. The predicted molar refractivity (Wildman–Crippen MR) is 96.0 cm³/mol. The Hall–Kier alpha value is -2.53. The highest BCUT2D eigenvalue weighted by Crippen LogP contribution is 2.10. The number of nitrogens with two attached hydrogens (primary N) is 1. The van der Waals surface area contributed by atoms with Crippen molar-refractivity contribution in [1.29, 1.82) is 0 Å². The highest BCUT2D eigenvalue weighted by atomic mass is 35.5. The molecule has 0 aliphatic carbocycles. The van der Waals surface area contributed by atoms with Gasteiger partial charge in [-0.25, -0.2) is 0 Å². The first-order chi connectivity index (χ1) is 11.6. The third-order valence-electron chi connectivity index (χ3n) is 3.46. The highest BCUT2D eigenvalue weighted by molar-refractivity contribution is 6.31. The fourth-order valence-electron chi connectivity index (χ4n) is 2.14. The number of oxime groups is 1. The molecule has 0 saturated carbocycles. The van der Waals surface area contributed by atoms with Crippen LogP contribution in [0.4, 0.5) is 0 Å². The average Bonchev–Trinajstić information content (AvgIpc) is 2.56. The monoisotopic (exact) mass is 345 g/mol. The Labute approximate surface area is 146 Å². The summed E-state index contributed by atoms with van der Waals surface area (Å²) < 4.78 is 0. The quantitative estimate of drug-likeness (QED) is 0.460. The Morgan fingerprint density at radius 1 is 1.25 bits per heavy atom. The lowest BCUT2D eigenvalue weighted by molar-refractivity contribution is -0.125. The Morgan fingerprint density at radius 3 is 2.79 bits per heavy atom. The van der Waals surface area contributed by atoms with Crippen molar-refractivity contribution in [1.82, 2.24) is 5.32 Å². The molecule has 0 spiro atoms. The van der Waals surface area contributed by atoms with Gasteiger partial charge in [-0.05, 0) is 36.6 Å². The molecule has 0 aliphatic heterocycles. The maximum atomic E-state index is 11.7. The second kappa shape index (κ2) is 8.93. The molecule has 3 N–H and O–H groups in total. The zero-order valence-electron chi connectivity index (χ0n) is 13.5. The Balaban J connectivity index is 1.73. The van der Waals surface area contributed by atoms with E-state index in [0.29, 0.717) is 17.1 Å². The van der Waals surface area contributed by atoms with Gasteiger partial charge in [-0.1, -0.05) is 53.2 Å². The summed E-state index contributed by atoms with van der Waals surface area (Å²) >= 11 is 5.88. The minimum Gasteiger partial charge on any atom is -0.384 e. The molecular weight excluding hydrogens is 326 g/mol. The summed E-state index contributed by atoms with van der Waals surface area (Å²) in [5.41, 5.74) is 8.84. The molecule has 0 radical (unpaired) electrons. The third-order valence-corrected chi connectivity index (χ3v) is 3.69. The van der Waals surface area contributed by atoms with E-state index in [9.17, 15) is 4.79 Å². The standard InChI is InChI=1S/C18H20ClN3O2/c1-13-5-2-3-6-14(13)9-10-21-17(23)12-24-22-18(20)15-7-4-8-16(19)11-15/h2-8,11H,9-10,12H2,1H3,(H2,20,22)(H,21,23). The molecule has 5 nitrogen and oxygen atoms in total. The lowest BCUT2D eigenvalue weighted by atomic mass is 10.1. The molecule has 0 saturated heterocycles. The fraction of sp³-hybridized carbons (Fsp3) is 0.222. The van der Waals surface area contributed by atoms with Gasteiger partial charge in [-0.3, -0.25) is 4.79 Å². The number of carbonyl (C=O) groups is 1. The van der Waals surface area contributed by atoms with E-state index in [1.165, 1.54) is 11.1 Å². The van der Waals surface area contributed by atoms with Gasteiger partial charge in [0, 0.05) is 17.1 Å². The van der Waals surface area contributed by atoms with Crippen molar-refractivity contribution in [2.75, 3.05) is 13.2 Å². The molecule has 0 heterocycles. The van der Waals surface area contributed by atoms with Crippen molar-refractivity contribution in [3.63, 3.8) is 0 Å². The van der Waals surface area contributed by atoms with E-state index >= 15 is 0 Å². The third kappa shape index (κ3) is 5.59. The Morgan fingerprint density at radius 2 is 2.04 bits per heavy atom. The normalized spacial score (nSPS) is 11.2. The molecule has 6 heteroatoms. The molecule has 0 atom stereocenters. The average molecular weight is 346 g/mol. The summed E-state index contributed by atoms with van der Waals surface area (Å²) in [6, 6.07) is 15.0. The summed E-state index contributed by atoms with van der Waals surface area (Å²) in [6.07, 6.45) is 0.770. The summed E-state index contributed by atoms with van der Waals surface area (Å²) in [5, 5.41) is 7.07. The van der Waals surface area contributed by atoms with Gasteiger partial charge < -0.3 is 15.9 Å². The van der Waals surface area contributed by atoms with Gasteiger partial charge in [0.1, 0.15) is 0 Å². The molecule has 0 unspecified atom stereocenters. The largest absolute Gasteiger partial charge is 0.384 e. The number of amides is 1. The minimum absolute atomic E-state index is 0.171. The summed E-state index contributed by atoms with van der Waals surface area (Å²) in [4.78, 5) is 16.7. The summed E-state index contributed by atoms with van der Waals surface area (Å²) in [5.74, 6) is -0.0727. The van der Waals surface area contributed by atoms with Crippen LogP contribution in [-0.4, -0.2) is 24.9 Å². The number of rotatable bonds is 7. The molecule has 0 fully saturated rings. The van der Waals surface area contributed by atoms with Crippen molar-refractivity contribution in [3.8, 4) is 0 Å². The Bertz CT molecular complexity index is 732. The van der Waals surface area contributed by atoms with Crippen LogP contribution in [0.2, 0.25) is 5.02 Å². The molecule has 2 aromatic rings. The van der Waals surface area contributed by atoms with Crippen LogP contribution in [0.3, 0.4) is 0 Å². The van der Waals surface area contributed by atoms with Crippen LogP contribution in [0, 0.1) is 6.92 Å². The number of aryl methyl sites for hydroxylation is 1. The van der Waals surface area contributed by atoms with Gasteiger partial charge >= 0.3 is 0 Å². The van der Waals surface area contributed by atoms with Crippen LogP contribution in [0.5, 0.6) is 0 Å². The van der Waals surface area contributed by atoms with E-state index in [1.54, 1.807) is 24.3 Å². The van der Waals surface area contributed by atoms with E-state index in [-0.39, 0.29) is 18.3 Å². The first kappa shape index (κ1) is 17.8. The van der Waals surface area contributed by atoms with E-state index in [1.807, 2.05) is 31.2 Å². The predicted octanol–water partition coefficient (Wildman–Crippen LogP) is 2.64. The maximum absolute atomic E-state index is 11.7. The summed E-state index contributed by atoms with van der Waals surface area (Å²) in [7, 11) is 0. The molecule has 126 valence electrons. The first-order valence-corrected chi connectivity index (χ1v) is 7.96.